The number of alkyl halides is 3. The summed E-state index contributed by atoms with van der Waals surface area (Å²) in [4.78, 5) is 24.5. The normalized spacial score (nSPS) is 16.4. The molecule has 3 heterocycles. The largest absolute Gasteiger partial charge is 0.400 e. The van der Waals surface area contributed by atoms with Crippen molar-refractivity contribution in [3.63, 3.8) is 0 Å². The minimum atomic E-state index is -4.45. The van der Waals surface area contributed by atoms with Crippen LogP contribution in [0.1, 0.15) is 37.4 Å². The number of aromatic nitrogens is 4. The van der Waals surface area contributed by atoms with Crippen molar-refractivity contribution < 1.29 is 22.5 Å². The topological polar surface area (TPSA) is 128 Å². The Morgan fingerprint density at radius 2 is 2.00 bits per heavy atom. The molecule has 188 valence electrons. The zero-order chi connectivity index (χ0) is 25.9. The van der Waals surface area contributed by atoms with E-state index < -0.39 is 17.6 Å². The van der Waals surface area contributed by atoms with Crippen LogP contribution in [0.5, 0.6) is 0 Å². The van der Waals surface area contributed by atoms with Gasteiger partial charge in [0, 0.05) is 29.6 Å². The first kappa shape index (κ1) is 22.8. The number of nitrogen functional groups attached to an aromatic ring is 1. The molecule has 2 saturated carbocycles. The Hall–Kier alpha value is -4.60. The summed E-state index contributed by atoms with van der Waals surface area (Å²) in [5, 5.41) is 9.05. The quantitative estimate of drug-likeness (QED) is 0.293. The summed E-state index contributed by atoms with van der Waals surface area (Å²) in [6, 6.07) is 5.54. The number of anilines is 3. The second-order valence-corrected chi connectivity index (χ2v) is 9.22. The number of amides is 2. The van der Waals surface area contributed by atoms with Crippen LogP contribution in [0.3, 0.4) is 0 Å². The zero-order valence-corrected chi connectivity index (χ0v) is 19.1. The molecule has 4 N–H and O–H groups in total. The van der Waals surface area contributed by atoms with Crippen LogP contribution in [0.25, 0.3) is 27.0 Å². The first-order valence-electron chi connectivity index (χ1n) is 11.4. The number of nitrogens with one attached hydrogen (secondary N) is 2. The van der Waals surface area contributed by atoms with Gasteiger partial charge in [-0.05, 0) is 43.4 Å². The third-order valence-corrected chi connectivity index (χ3v) is 6.79. The Labute approximate surface area is 207 Å². The van der Waals surface area contributed by atoms with E-state index in [2.05, 4.69) is 35.2 Å². The van der Waals surface area contributed by atoms with E-state index >= 15 is 0 Å². The van der Waals surface area contributed by atoms with Gasteiger partial charge in [-0.2, -0.15) is 13.2 Å². The number of nitrogens with two attached hydrogens (primary N) is 1. The molecule has 13 heteroatoms. The second kappa shape index (κ2) is 7.95. The van der Waals surface area contributed by atoms with Crippen molar-refractivity contribution in [2.24, 2.45) is 0 Å². The summed E-state index contributed by atoms with van der Waals surface area (Å²) in [6.45, 7) is 7.60. The van der Waals surface area contributed by atoms with Gasteiger partial charge < -0.3 is 20.1 Å². The highest BCUT2D eigenvalue weighted by atomic mass is 19.4. The predicted molar refractivity (Wildman–Crippen MR) is 128 cm³/mol. The molecule has 1 aromatic carbocycles. The van der Waals surface area contributed by atoms with Crippen molar-refractivity contribution in [2.45, 2.75) is 43.3 Å². The van der Waals surface area contributed by atoms with E-state index in [1.807, 2.05) is 6.20 Å². The summed E-state index contributed by atoms with van der Waals surface area (Å²) < 4.78 is 46.9. The fraction of sp³-hybridized carbons (Fsp3) is 0.292. The number of urea groups is 1. The smallest absolute Gasteiger partial charge is 0.383 e. The maximum atomic E-state index is 13.3. The van der Waals surface area contributed by atoms with Gasteiger partial charge in [0.05, 0.1) is 12.0 Å². The van der Waals surface area contributed by atoms with Crippen LogP contribution < -0.4 is 16.4 Å². The van der Waals surface area contributed by atoms with Gasteiger partial charge in [-0.3, -0.25) is 5.32 Å². The molecule has 0 radical (unpaired) electrons. The molecule has 0 bridgehead atoms. The van der Waals surface area contributed by atoms with E-state index in [-0.39, 0.29) is 35.8 Å². The Morgan fingerprint density at radius 1 is 1.22 bits per heavy atom. The molecule has 37 heavy (non-hydrogen) atoms. The second-order valence-electron chi connectivity index (χ2n) is 9.22. The minimum Gasteiger partial charge on any atom is -0.383 e. The predicted octanol–water partition coefficient (Wildman–Crippen LogP) is 5.79. The molecule has 2 amide bonds. The van der Waals surface area contributed by atoms with E-state index in [0.717, 1.165) is 30.1 Å². The number of hydrogen-bond acceptors (Lipinski definition) is 6. The van der Waals surface area contributed by atoms with Crippen molar-refractivity contribution in [2.75, 3.05) is 16.4 Å². The highest BCUT2D eigenvalue weighted by Gasteiger charge is 2.66. The molecule has 0 aliphatic heterocycles. The maximum Gasteiger partial charge on any atom is 0.400 e. The Kier molecular flexibility index (Phi) is 4.91. The molecular weight excluding hydrogens is 489 g/mol. The van der Waals surface area contributed by atoms with Crippen LogP contribution in [0.4, 0.5) is 41.0 Å². The highest BCUT2D eigenvalue weighted by molar-refractivity contribution is 6.04. The van der Waals surface area contributed by atoms with Crippen LogP contribution in [0.15, 0.2) is 41.3 Å². The molecule has 6 rings (SSSR count). The number of nitrogens with zero attached hydrogens (tertiary/aromatic N) is 5. The van der Waals surface area contributed by atoms with Gasteiger partial charge in [0.1, 0.15) is 28.9 Å². The molecule has 2 aliphatic rings. The first-order valence-corrected chi connectivity index (χ1v) is 11.4. The van der Waals surface area contributed by atoms with Crippen LogP contribution in [-0.2, 0) is 5.41 Å². The molecular formula is C24H19F3N8O2. The Morgan fingerprint density at radius 3 is 2.68 bits per heavy atom. The van der Waals surface area contributed by atoms with Crippen LogP contribution >= 0.6 is 0 Å². The van der Waals surface area contributed by atoms with Gasteiger partial charge in [0.2, 0.25) is 11.6 Å². The Balaban J connectivity index is 1.24. The van der Waals surface area contributed by atoms with Gasteiger partial charge in [-0.15, -0.1) is 0 Å². The average molecular weight is 508 g/mol. The van der Waals surface area contributed by atoms with Crippen LogP contribution in [0, 0.1) is 6.57 Å². The van der Waals surface area contributed by atoms with E-state index in [4.69, 9.17) is 16.8 Å². The lowest BCUT2D eigenvalue weighted by atomic mass is 10.0. The molecule has 0 atom stereocenters. The third-order valence-electron chi connectivity index (χ3n) is 6.79. The highest BCUT2D eigenvalue weighted by Crippen LogP contribution is 2.58. The molecule has 0 unspecified atom stereocenters. The number of carbonyl (C=O) groups excluding carboxylic acids is 1. The fourth-order valence-electron chi connectivity index (χ4n) is 4.49. The number of carbonyl (C=O) groups is 1. The van der Waals surface area contributed by atoms with E-state index in [1.54, 1.807) is 18.2 Å². The van der Waals surface area contributed by atoms with Crippen molar-refractivity contribution in [1.29, 1.82) is 0 Å². The fourth-order valence-corrected chi connectivity index (χ4v) is 4.49. The molecule has 0 saturated heterocycles. The maximum absolute atomic E-state index is 13.3. The van der Waals surface area contributed by atoms with Gasteiger partial charge in [-0.1, -0.05) is 11.2 Å². The molecule has 3 aromatic heterocycles. The van der Waals surface area contributed by atoms with Crippen molar-refractivity contribution in [3.05, 3.63) is 53.9 Å². The number of fused-ring (bicyclic) bond motifs is 1. The SMILES string of the molecule is [C-]#[N+]c1cc(-c2cn(C3CC3)c3ncnc(N)c23)ccc1NC(=O)Nc1cc(C2(C(F)(F)F)CC2)no1. The number of benzene rings is 1. The van der Waals surface area contributed by atoms with E-state index in [0.29, 0.717) is 22.8 Å². The monoisotopic (exact) mass is 508 g/mol. The zero-order valence-electron chi connectivity index (χ0n) is 19.1. The molecule has 10 nitrogen and oxygen atoms in total. The van der Waals surface area contributed by atoms with Gasteiger partial charge in [0.15, 0.2) is 0 Å². The average Bonchev–Trinajstić information content (AvgIpc) is 3.78. The first-order chi connectivity index (χ1) is 17.7. The lowest BCUT2D eigenvalue weighted by molar-refractivity contribution is -0.161. The van der Waals surface area contributed by atoms with Crippen LogP contribution in [-0.4, -0.2) is 31.9 Å². The van der Waals surface area contributed by atoms with Gasteiger partial charge in [-0.25, -0.2) is 19.6 Å². The number of hydrogen-bond donors (Lipinski definition) is 3. The summed E-state index contributed by atoms with van der Waals surface area (Å²) in [6.07, 6.45) is 0.855. The molecule has 0 spiro atoms. The van der Waals surface area contributed by atoms with Gasteiger partial charge >= 0.3 is 12.2 Å². The van der Waals surface area contributed by atoms with Crippen molar-refractivity contribution in [3.8, 4) is 11.1 Å². The lowest BCUT2D eigenvalue weighted by Gasteiger charge is -2.15. The van der Waals surface area contributed by atoms with Crippen molar-refractivity contribution in [1.82, 2.24) is 19.7 Å². The van der Waals surface area contributed by atoms with Crippen LogP contribution in [0.2, 0.25) is 0 Å². The summed E-state index contributed by atoms with van der Waals surface area (Å²) in [5.74, 6) is 0.0997. The van der Waals surface area contributed by atoms with Crippen molar-refractivity contribution >= 4 is 40.1 Å². The third kappa shape index (κ3) is 3.81. The Bertz CT molecular complexity index is 1590. The number of rotatable bonds is 5. The number of halogens is 3. The standard InChI is InChI=1S/C24H19F3N8O2/c1-29-16-8-12(14-10-35(13-3-4-13)21-19(14)20(28)30-11-31-21)2-5-15(16)32-22(36)33-18-9-17(34-37-18)23(6-7-23)24(25,26)27/h2,5,8-11,13H,3-4,6-7H2,(H2,28,30,31)(H2,32,33,36). The molecule has 4 aromatic rings. The lowest BCUT2D eigenvalue weighted by Crippen LogP contribution is -2.28. The summed E-state index contributed by atoms with van der Waals surface area (Å²) in [5.41, 5.74) is 6.43. The molecule has 2 aliphatic carbocycles. The summed E-state index contributed by atoms with van der Waals surface area (Å²) in [7, 11) is 0. The van der Waals surface area contributed by atoms with E-state index in [9.17, 15) is 18.0 Å². The minimum absolute atomic E-state index is 0.0769. The molecule has 2 fully saturated rings. The van der Waals surface area contributed by atoms with Gasteiger partial charge in [0.25, 0.3) is 0 Å². The summed E-state index contributed by atoms with van der Waals surface area (Å²) >= 11 is 0. The van der Waals surface area contributed by atoms with E-state index in [1.165, 1.54) is 6.33 Å².